The highest BCUT2D eigenvalue weighted by Gasteiger charge is 1.96. The Labute approximate surface area is 110 Å². The number of nitrogens with one attached hydrogen (secondary N) is 1. The van der Waals surface area contributed by atoms with Crippen LogP contribution in [0, 0.1) is 13.8 Å². The van der Waals surface area contributed by atoms with Crippen LogP contribution < -0.4 is 10.6 Å². The number of nitrogen functional groups attached to an aromatic ring is 1. The Bertz CT molecular complexity index is 434. The third-order valence-corrected chi connectivity index (χ3v) is 2.71. The van der Waals surface area contributed by atoms with Crippen LogP contribution in [0.3, 0.4) is 0 Å². The van der Waals surface area contributed by atoms with Crippen molar-refractivity contribution in [2.45, 2.75) is 13.8 Å². The Morgan fingerprint density at radius 3 is 1.44 bits per heavy atom. The van der Waals surface area contributed by atoms with E-state index in [-0.39, 0.29) is 0 Å². The Balaban J connectivity index is 0.000000184. The lowest BCUT2D eigenvalue weighted by atomic mass is 10.2. The van der Waals surface area contributed by atoms with Crippen molar-refractivity contribution in [3.63, 3.8) is 0 Å². The minimum Gasteiger partial charge on any atom is -0.399 e. The lowest BCUT2D eigenvalue weighted by molar-refractivity contribution is -0.786. The van der Waals surface area contributed by atoms with Crippen LogP contribution in [0.5, 0.6) is 0 Å². The lowest BCUT2D eigenvalue weighted by Gasteiger charge is -2.05. The summed E-state index contributed by atoms with van der Waals surface area (Å²) in [5, 5.41) is 0. The summed E-state index contributed by atoms with van der Waals surface area (Å²) in [4.78, 5) is 1.38. The highest BCUT2D eigenvalue weighted by Crippen LogP contribution is 2.02. The molecule has 0 unspecified atom stereocenters. The van der Waals surface area contributed by atoms with Crippen molar-refractivity contribution in [3.05, 3.63) is 59.7 Å². The standard InChI is InChI=1S/C9H13N.C7H9N/c1-8-4-6-9(7-5-8)10(2)3;1-6-2-4-7(8)5-3-6/h4-7H,1-3H3;2-5H,8H2,1H3/p+1. The van der Waals surface area contributed by atoms with Gasteiger partial charge in [0.2, 0.25) is 0 Å². The number of aryl methyl sites for hydroxylation is 2. The van der Waals surface area contributed by atoms with Crippen LogP contribution in [0.4, 0.5) is 11.4 Å². The number of benzene rings is 2. The molecule has 2 aromatic carbocycles. The van der Waals surface area contributed by atoms with Crippen LogP contribution in [-0.4, -0.2) is 14.1 Å². The molecule has 0 aromatic heterocycles. The van der Waals surface area contributed by atoms with Gasteiger partial charge in [0.1, 0.15) is 5.69 Å². The van der Waals surface area contributed by atoms with Gasteiger partial charge in [0.05, 0.1) is 14.1 Å². The second kappa shape index (κ2) is 6.82. The first kappa shape index (κ1) is 14.3. The summed E-state index contributed by atoms with van der Waals surface area (Å²) in [5.41, 5.74) is 10.2. The molecule has 2 heteroatoms. The normalized spacial score (nSPS) is 9.83. The smallest absolute Gasteiger partial charge is 0.130 e. The number of hydrogen-bond donors (Lipinski definition) is 2. The van der Waals surface area contributed by atoms with Crippen LogP contribution in [0.25, 0.3) is 0 Å². The fourth-order valence-corrected chi connectivity index (χ4v) is 1.45. The number of rotatable bonds is 1. The molecule has 3 N–H and O–H groups in total. The van der Waals surface area contributed by atoms with E-state index >= 15 is 0 Å². The molecule has 96 valence electrons. The molecule has 0 aliphatic rings. The molecule has 18 heavy (non-hydrogen) atoms. The minimum atomic E-state index is 0.829. The van der Waals surface area contributed by atoms with Crippen molar-refractivity contribution in [2.24, 2.45) is 0 Å². The molecule has 2 rings (SSSR count). The van der Waals surface area contributed by atoms with E-state index < -0.39 is 0 Å². The Hall–Kier alpha value is -1.80. The number of quaternary nitrogens is 1. The predicted octanol–water partition coefficient (Wildman–Crippen LogP) is 2.35. The highest BCUT2D eigenvalue weighted by atomic mass is 15.1. The highest BCUT2D eigenvalue weighted by molar-refractivity contribution is 5.38. The van der Waals surface area contributed by atoms with Gasteiger partial charge in [-0.15, -0.1) is 0 Å². The summed E-state index contributed by atoms with van der Waals surface area (Å²) in [7, 11) is 4.26. The Kier molecular flexibility index (Phi) is 5.40. The summed E-state index contributed by atoms with van der Waals surface area (Å²) in [5.74, 6) is 0. The second-order valence-corrected chi connectivity index (χ2v) is 4.78. The number of anilines is 1. The van der Waals surface area contributed by atoms with Crippen LogP contribution in [0.1, 0.15) is 11.1 Å². The van der Waals surface area contributed by atoms with Gasteiger partial charge in [0, 0.05) is 5.69 Å². The average molecular weight is 243 g/mol. The van der Waals surface area contributed by atoms with Crippen molar-refractivity contribution < 1.29 is 4.90 Å². The van der Waals surface area contributed by atoms with Crippen LogP contribution in [0.15, 0.2) is 48.5 Å². The summed E-state index contributed by atoms with van der Waals surface area (Å²) in [6, 6.07) is 16.4. The number of hydrogen-bond acceptors (Lipinski definition) is 1. The molecular formula is C16H23N2+. The van der Waals surface area contributed by atoms with E-state index in [9.17, 15) is 0 Å². The third-order valence-electron chi connectivity index (χ3n) is 2.71. The monoisotopic (exact) mass is 243 g/mol. The van der Waals surface area contributed by atoms with Gasteiger partial charge in [-0.05, 0) is 38.1 Å². The van der Waals surface area contributed by atoms with E-state index in [1.165, 1.54) is 21.7 Å². The SMILES string of the molecule is Cc1ccc(N)cc1.Cc1ccc([NH+](C)C)cc1. The quantitative estimate of drug-likeness (QED) is 0.740. The molecule has 0 spiro atoms. The van der Waals surface area contributed by atoms with E-state index in [4.69, 9.17) is 5.73 Å². The van der Waals surface area contributed by atoms with Gasteiger partial charge < -0.3 is 10.6 Å². The van der Waals surface area contributed by atoms with Crippen LogP contribution in [0.2, 0.25) is 0 Å². The van der Waals surface area contributed by atoms with Gasteiger partial charge in [-0.1, -0.05) is 35.4 Å². The lowest BCUT2D eigenvalue weighted by Crippen LogP contribution is -3.00. The summed E-state index contributed by atoms with van der Waals surface area (Å²) >= 11 is 0. The van der Waals surface area contributed by atoms with Crippen molar-refractivity contribution in [1.29, 1.82) is 0 Å². The van der Waals surface area contributed by atoms with Gasteiger partial charge in [0.15, 0.2) is 0 Å². The summed E-state index contributed by atoms with van der Waals surface area (Å²) < 4.78 is 0. The molecule has 0 aliphatic heterocycles. The van der Waals surface area contributed by atoms with Gasteiger partial charge in [-0.3, -0.25) is 0 Å². The molecule has 2 nitrogen and oxygen atoms in total. The molecule has 0 saturated heterocycles. The van der Waals surface area contributed by atoms with Crippen molar-refractivity contribution in [3.8, 4) is 0 Å². The van der Waals surface area contributed by atoms with Gasteiger partial charge in [0.25, 0.3) is 0 Å². The summed E-state index contributed by atoms with van der Waals surface area (Å²) in [6.45, 7) is 4.15. The van der Waals surface area contributed by atoms with Gasteiger partial charge in [-0.25, -0.2) is 0 Å². The molecule has 0 atom stereocenters. The molecule has 0 aliphatic carbocycles. The first-order valence-corrected chi connectivity index (χ1v) is 6.18. The van der Waals surface area contributed by atoms with Gasteiger partial charge >= 0.3 is 0 Å². The van der Waals surface area contributed by atoms with E-state index in [1.54, 1.807) is 0 Å². The van der Waals surface area contributed by atoms with Crippen molar-refractivity contribution in [1.82, 2.24) is 0 Å². The average Bonchev–Trinajstić information content (AvgIpc) is 2.34. The van der Waals surface area contributed by atoms with E-state index in [2.05, 4.69) is 45.3 Å². The minimum absolute atomic E-state index is 0.829. The maximum atomic E-state index is 5.43. The topological polar surface area (TPSA) is 30.5 Å². The molecule has 0 fully saturated rings. The molecule has 2 aromatic rings. The molecular weight excluding hydrogens is 220 g/mol. The largest absolute Gasteiger partial charge is 0.399 e. The fraction of sp³-hybridized carbons (Fsp3) is 0.250. The molecule has 0 saturated carbocycles. The van der Waals surface area contributed by atoms with Gasteiger partial charge in [-0.2, -0.15) is 0 Å². The third kappa shape index (κ3) is 5.02. The van der Waals surface area contributed by atoms with Crippen molar-refractivity contribution in [2.75, 3.05) is 19.8 Å². The zero-order valence-electron chi connectivity index (χ0n) is 11.7. The Morgan fingerprint density at radius 1 is 0.722 bits per heavy atom. The predicted molar refractivity (Wildman–Crippen MR) is 79.2 cm³/mol. The van der Waals surface area contributed by atoms with E-state index in [0.717, 1.165) is 5.69 Å². The summed E-state index contributed by atoms with van der Waals surface area (Å²) in [6.07, 6.45) is 0. The molecule has 0 bridgehead atoms. The van der Waals surface area contributed by atoms with E-state index in [0.29, 0.717) is 0 Å². The maximum Gasteiger partial charge on any atom is 0.130 e. The van der Waals surface area contributed by atoms with E-state index in [1.807, 2.05) is 31.2 Å². The Morgan fingerprint density at radius 2 is 1.11 bits per heavy atom. The maximum absolute atomic E-state index is 5.43. The second-order valence-electron chi connectivity index (χ2n) is 4.78. The van der Waals surface area contributed by atoms with Crippen LogP contribution in [-0.2, 0) is 0 Å². The first-order valence-electron chi connectivity index (χ1n) is 6.18. The molecule has 0 amide bonds. The molecule has 0 radical (unpaired) electrons. The molecule has 0 heterocycles. The first-order chi connectivity index (χ1) is 8.49. The fourth-order valence-electron chi connectivity index (χ4n) is 1.45. The zero-order chi connectivity index (χ0) is 13.5. The van der Waals surface area contributed by atoms with Crippen LogP contribution >= 0.6 is 0 Å². The number of nitrogens with two attached hydrogens (primary N) is 1. The zero-order valence-corrected chi connectivity index (χ0v) is 11.7. The van der Waals surface area contributed by atoms with Crippen molar-refractivity contribution >= 4 is 11.4 Å².